The molecule has 0 unspecified atom stereocenters. The standard InChI is InChI=1S/C21H27NO2/c1-11(2)15-6-8-16(9-7-15)17-10-24-21-18(14(5)23)12(3)20(22)13(4)19(17)21/h6-9,11,14,17,23H,10,22H2,1-5H3/t14-,17-/m0/s1. The summed E-state index contributed by atoms with van der Waals surface area (Å²) in [4.78, 5) is 0. The lowest BCUT2D eigenvalue weighted by Crippen LogP contribution is -2.07. The molecule has 0 amide bonds. The average molecular weight is 325 g/mol. The van der Waals surface area contributed by atoms with Crippen LogP contribution in [0.3, 0.4) is 0 Å². The summed E-state index contributed by atoms with van der Waals surface area (Å²) in [6, 6.07) is 8.77. The van der Waals surface area contributed by atoms with Gasteiger partial charge in [-0.25, -0.2) is 0 Å². The van der Waals surface area contributed by atoms with Crippen molar-refractivity contribution in [1.82, 2.24) is 0 Å². The van der Waals surface area contributed by atoms with Gasteiger partial charge in [0.05, 0.1) is 12.7 Å². The van der Waals surface area contributed by atoms with Crippen LogP contribution in [0, 0.1) is 13.8 Å². The Morgan fingerprint density at radius 1 is 1.08 bits per heavy atom. The molecule has 1 heterocycles. The Morgan fingerprint density at radius 3 is 2.25 bits per heavy atom. The summed E-state index contributed by atoms with van der Waals surface area (Å²) >= 11 is 0. The fraction of sp³-hybridized carbons (Fsp3) is 0.429. The largest absolute Gasteiger partial charge is 0.492 e. The first-order valence-corrected chi connectivity index (χ1v) is 8.66. The van der Waals surface area contributed by atoms with E-state index < -0.39 is 6.10 Å². The third-order valence-electron chi connectivity index (χ3n) is 5.27. The highest BCUT2D eigenvalue weighted by Crippen LogP contribution is 2.48. The molecular formula is C21H27NO2. The molecule has 2 aromatic carbocycles. The highest BCUT2D eigenvalue weighted by atomic mass is 16.5. The number of benzene rings is 2. The number of rotatable bonds is 3. The van der Waals surface area contributed by atoms with Gasteiger partial charge >= 0.3 is 0 Å². The van der Waals surface area contributed by atoms with Gasteiger partial charge in [0.15, 0.2) is 0 Å². The zero-order chi connectivity index (χ0) is 17.6. The maximum Gasteiger partial charge on any atom is 0.129 e. The Kier molecular flexibility index (Phi) is 4.31. The van der Waals surface area contributed by atoms with E-state index in [1.54, 1.807) is 6.92 Å². The molecule has 0 bridgehead atoms. The van der Waals surface area contributed by atoms with E-state index in [0.29, 0.717) is 12.5 Å². The van der Waals surface area contributed by atoms with Crippen molar-refractivity contribution in [3.8, 4) is 5.75 Å². The summed E-state index contributed by atoms with van der Waals surface area (Å²) in [5, 5.41) is 10.2. The predicted molar refractivity (Wildman–Crippen MR) is 98.8 cm³/mol. The first-order valence-electron chi connectivity index (χ1n) is 8.66. The van der Waals surface area contributed by atoms with Crippen molar-refractivity contribution < 1.29 is 9.84 Å². The van der Waals surface area contributed by atoms with Gasteiger partial charge in [0.25, 0.3) is 0 Å². The molecule has 128 valence electrons. The van der Waals surface area contributed by atoms with Crippen LogP contribution in [0.15, 0.2) is 24.3 Å². The fourth-order valence-corrected chi connectivity index (χ4v) is 3.76. The van der Waals surface area contributed by atoms with Crippen LogP contribution in [0.1, 0.15) is 72.1 Å². The van der Waals surface area contributed by atoms with Crippen molar-refractivity contribution in [2.75, 3.05) is 12.3 Å². The minimum Gasteiger partial charge on any atom is -0.492 e. The Bertz CT molecular complexity index is 761. The second-order valence-electron chi connectivity index (χ2n) is 7.18. The van der Waals surface area contributed by atoms with Gasteiger partial charge in [0.2, 0.25) is 0 Å². The molecule has 3 rings (SSSR count). The van der Waals surface area contributed by atoms with Gasteiger partial charge in [-0.15, -0.1) is 0 Å². The lowest BCUT2D eigenvalue weighted by atomic mass is 9.85. The number of aliphatic hydroxyl groups excluding tert-OH is 1. The lowest BCUT2D eigenvalue weighted by molar-refractivity contribution is 0.192. The molecule has 0 aromatic heterocycles. The van der Waals surface area contributed by atoms with E-state index in [1.807, 2.05) is 6.92 Å². The quantitative estimate of drug-likeness (QED) is 0.812. The molecule has 0 aliphatic carbocycles. The van der Waals surface area contributed by atoms with Gasteiger partial charge in [0, 0.05) is 22.7 Å². The number of anilines is 1. The first kappa shape index (κ1) is 16.8. The van der Waals surface area contributed by atoms with Crippen molar-refractivity contribution in [3.05, 3.63) is 57.6 Å². The van der Waals surface area contributed by atoms with Gasteiger partial charge in [-0.3, -0.25) is 0 Å². The Hall–Kier alpha value is -2.00. The SMILES string of the molecule is Cc1c(N)c(C)c([C@H](C)O)c2c1[C@H](c1ccc(C(C)C)cc1)CO2. The fourth-order valence-electron chi connectivity index (χ4n) is 3.76. The number of hydrogen-bond donors (Lipinski definition) is 2. The van der Waals surface area contributed by atoms with Crippen LogP contribution in [0.2, 0.25) is 0 Å². The summed E-state index contributed by atoms with van der Waals surface area (Å²) in [5.41, 5.74) is 13.6. The average Bonchev–Trinajstić information content (AvgIpc) is 2.97. The molecule has 0 spiro atoms. The van der Waals surface area contributed by atoms with Crippen molar-refractivity contribution in [2.45, 2.75) is 52.6 Å². The van der Waals surface area contributed by atoms with Crippen LogP contribution in [-0.2, 0) is 0 Å². The minimum atomic E-state index is -0.594. The zero-order valence-electron chi connectivity index (χ0n) is 15.2. The van der Waals surface area contributed by atoms with Crippen LogP contribution >= 0.6 is 0 Å². The van der Waals surface area contributed by atoms with Crippen LogP contribution < -0.4 is 10.5 Å². The number of hydrogen-bond acceptors (Lipinski definition) is 3. The van der Waals surface area contributed by atoms with Gasteiger partial charge in [0.1, 0.15) is 5.75 Å². The number of ether oxygens (including phenoxy) is 1. The smallest absolute Gasteiger partial charge is 0.129 e. The van der Waals surface area contributed by atoms with E-state index in [-0.39, 0.29) is 5.92 Å². The minimum absolute atomic E-state index is 0.168. The molecule has 3 N–H and O–H groups in total. The predicted octanol–water partition coefficient (Wildman–Crippen LogP) is 4.59. The van der Waals surface area contributed by atoms with E-state index in [2.05, 4.69) is 45.0 Å². The Morgan fingerprint density at radius 2 is 1.71 bits per heavy atom. The molecule has 3 heteroatoms. The monoisotopic (exact) mass is 325 g/mol. The number of nitrogens with two attached hydrogens (primary N) is 1. The van der Waals surface area contributed by atoms with Crippen molar-refractivity contribution >= 4 is 5.69 Å². The van der Waals surface area contributed by atoms with Crippen LogP contribution in [-0.4, -0.2) is 11.7 Å². The summed E-state index contributed by atoms with van der Waals surface area (Å²) in [6.07, 6.45) is -0.594. The second kappa shape index (κ2) is 6.14. The Balaban J connectivity index is 2.12. The summed E-state index contributed by atoms with van der Waals surface area (Å²) in [6.45, 7) is 10.8. The first-order chi connectivity index (χ1) is 11.3. The third-order valence-corrected chi connectivity index (χ3v) is 5.27. The van der Waals surface area contributed by atoms with E-state index in [0.717, 1.165) is 33.7 Å². The molecular weight excluding hydrogens is 298 g/mol. The van der Waals surface area contributed by atoms with Gasteiger partial charge in [-0.05, 0) is 48.9 Å². The van der Waals surface area contributed by atoms with Gasteiger partial charge in [-0.1, -0.05) is 38.1 Å². The summed E-state index contributed by atoms with van der Waals surface area (Å²) in [7, 11) is 0. The normalized spacial score (nSPS) is 17.7. The van der Waals surface area contributed by atoms with Gasteiger partial charge < -0.3 is 15.6 Å². The van der Waals surface area contributed by atoms with Crippen molar-refractivity contribution in [2.24, 2.45) is 0 Å². The third kappa shape index (κ3) is 2.57. The summed E-state index contributed by atoms with van der Waals surface area (Å²) in [5.74, 6) is 1.52. The molecule has 1 aliphatic rings. The number of nitrogen functional groups attached to an aromatic ring is 1. The molecule has 24 heavy (non-hydrogen) atoms. The highest BCUT2D eigenvalue weighted by Gasteiger charge is 2.33. The van der Waals surface area contributed by atoms with Crippen LogP contribution in [0.25, 0.3) is 0 Å². The lowest BCUT2D eigenvalue weighted by Gasteiger charge is -2.20. The summed E-state index contributed by atoms with van der Waals surface area (Å²) < 4.78 is 6.04. The molecule has 3 nitrogen and oxygen atoms in total. The maximum absolute atomic E-state index is 10.2. The van der Waals surface area contributed by atoms with Crippen molar-refractivity contribution in [1.29, 1.82) is 0 Å². The molecule has 0 saturated heterocycles. The maximum atomic E-state index is 10.2. The molecule has 2 aromatic rings. The molecule has 0 radical (unpaired) electrons. The van der Waals surface area contributed by atoms with E-state index >= 15 is 0 Å². The van der Waals surface area contributed by atoms with Crippen LogP contribution in [0.4, 0.5) is 5.69 Å². The zero-order valence-corrected chi connectivity index (χ0v) is 15.2. The topological polar surface area (TPSA) is 55.5 Å². The Labute approximate surface area is 144 Å². The van der Waals surface area contributed by atoms with Gasteiger partial charge in [-0.2, -0.15) is 0 Å². The van der Waals surface area contributed by atoms with E-state index in [1.165, 1.54) is 11.1 Å². The highest BCUT2D eigenvalue weighted by molar-refractivity contribution is 5.69. The van der Waals surface area contributed by atoms with Crippen LogP contribution in [0.5, 0.6) is 5.75 Å². The molecule has 0 fully saturated rings. The molecule has 2 atom stereocenters. The number of fused-ring (bicyclic) bond motifs is 1. The number of aliphatic hydroxyl groups is 1. The molecule has 1 aliphatic heterocycles. The van der Waals surface area contributed by atoms with Crippen molar-refractivity contribution in [3.63, 3.8) is 0 Å². The molecule has 0 saturated carbocycles. The van der Waals surface area contributed by atoms with E-state index in [9.17, 15) is 5.11 Å². The second-order valence-corrected chi connectivity index (χ2v) is 7.18. The van der Waals surface area contributed by atoms with E-state index in [4.69, 9.17) is 10.5 Å².